The maximum absolute atomic E-state index is 13.2. The summed E-state index contributed by atoms with van der Waals surface area (Å²) in [7, 11) is 0. The van der Waals surface area contributed by atoms with E-state index >= 15 is 0 Å². The molecule has 1 heterocycles. The topological polar surface area (TPSA) is 12.0 Å². The van der Waals surface area contributed by atoms with Crippen molar-refractivity contribution in [2.75, 3.05) is 6.54 Å². The van der Waals surface area contributed by atoms with Crippen LogP contribution in [0, 0.1) is 11.7 Å². The normalized spacial score (nSPS) is 27.2. The molecule has 0 radical (unpaired) electrons. The van der Waals surface area contributed by atoms with E-state index in [4.69, 9.17) is 11.6 Å². The first kappa shape index (κ1) is 13.3. The van der Waals surface area contributed by atoms with Crippen molar-refractivity contribution in [2.45, 2.75) is 24.8 Å². The quantitative estimate of drug-likeness (QED) is 0.807. The summed E-state index contributed by atoms with van der Waals surface area (Å²) in [6.45, 7) is 1.07. The molecule has 1 saturated heterocycles. The number of nitrogens with one attached hydrogen (secondary N) is 1. The van der Waals surface area contributed by atoms with Gasteiger partial charge in [0.1, 0.15) is 5.82 Å². The minimum absolute atomic E-state index is 0.179. The van der Waals surface area contributed by atoms with Crippen LogP contribution in [-0.4, -0.2) is 6.54 Å². The van der Waals surface area contributed by atoms with E-state index in [0.717, 1.165) is 11.6 Å². The van der Waals surface area contributed by atoms with Gasteiger partial charge in [-0.3, -0.25) is 0 Å². The number of hydrogen-bond acceptors (Lipinski definition) is 1. The molecule has 108 valence electrons. The molecule has 1 N–H and O–H groups in total. The van der Waals surface area contributed by atoms with Crippen LogP contribution in [0.3, 0.4) is 0 Å². The number of benzene rings is 2. The van der Waals surface area contributed by atoms with Crippen molar-refractivity contribution in [3.63, 3.8) is 0 Å². The maximum Gasteiger partial charge on any atom is 0.123 e. The van der Waals surface area contributed by atoms with Crippen molar-refractivity contribution in [1.29, 1.82) is 0 Å². The van der Waals surface area contributed by atoms with Crippen LogP contribution in [0.2, 0.25) is 5.02 Å². The lowest BCUT2D eigenvalue weighted by molar-refractivity contribution is 0.287. The van der Waals surface area contributed by atoms with Gasteiger partial charge < -0.3 is 5.32 Å². The van der Waals surface area contributed by atoms with Crippen LogP contribution in [0.4, 0.5) is 4.39 Å². The van der Waals surface area contributed by atoms with Crippen LogP contribution in [0.25, 0.3) is 0 Å². The summed E-state index contributed by atoms with van der Waals surface area (Å²) in [6, 6.07) is 13.6. The molecule has 0 bridgehead atoms. The van der Waals surface area contributed by atoms with Gasteiger partial charge in [-0.2, -0.15) is 0 Å². The fourth-order valence-electron chi connectivity index (χ4n) is 4.04. The van der Waals surface area contributed by atoms with Gasteiger partial charge in [-0.05, 0) is 66.3 Å². The number of piperidine rings is 1. The van der Waals surface area contributed by atoms with E-state index in [9.17, 15) is 4.39 Å². The Hall–Kier alpha value is -1.38. The second kappa shape index (κ2) is 5.11. The highest BCUT2D eigenvalue weighted by Gasteiger charge is 2.42. The molecule has 1 nitrogen and oxygen atoms in total. The molecule has 3 unspecified atom stereocenters. The molecule has 1 aliphatic carbocycles. The first-order valence-electron chi connectivity index (χ1n) is 7.52. The predicted octanol–water partition coefficient (Wildman–Crippen LogP) is 4.67. The summed E-state index contributed by atoms with van der Waals surface area (Å²) in [5, 5.41) is 4.43. The Bertz CT molecular complexity index is 667. The van der Waals surface area contributed by atoms with Crippen LogP contribution in [0.1, 0.15) is 41.5 Å². The lowest BCUT2D eigenvalue weighted by atomic mass is 9.80. The van der Waals surface area contributed by atoms with Gasteiger partial charge in [0, 0.05) is 17.0 Å². The highest BCUT2D eigenvalue weighted by Crippen LogP contribution is 2.52. The minimum atomic E-state index is -0.179. The van der Waals surface area contributed by atoms with Gasteiger partial charge in [0.25, 0.3) is 0 Å². The second-order valence-corrected chi connectivity index (χ2v) is 6.48. The molecular weight excluding hydrogens is 285 g/mol. The van der Waals surface area contributed by atoms with E-state index in [0.29, 0.717) is 17.9 Å². The van der Waals surface area contributed by atoms with E-state index < -0.39 is 0 Å². The van der Waals surface area contributed by atoms with Gasteiger partial charge in [0.15, 0.2) is 0 Å². The summed E-state index contributed by atoms with van der Waals surface area (Å²) < 4.78 is 13.2. The van der Waals surface area contributed by atoms with E-state index in [1.165, 1.54) is 29.5 Å². The standard InChI is InChI=1S/C18H17ClFN/c19-12-5-8-14-16(10-12)17(11-3-6-13(20)7-4-11)15-2-1-9-21-18(14)15/h3-8,10,15,17-18,21H,1-2,9H2. The molecule has 21 heavy (non-hydrogen) atoms. The Balaban J connectivity index is 1.85. The summed E-state index contributed by atoms with van der Waals surface area (Å²) in [5.74, 6) is 0.677. The molecule has 3 heteroatoms. The van der Waals surface area contributed by atoms with E-state index in [-0.39, 0.29) is 5.82 Å². The molecule has 2 aromatic carbocycles. The molecule has 1 aliphatic heterocycles. The Kier molecular flexibility index (Phi) is 3.24. The smallest absolute Gasteiger partial charge is 0.123 e. The minimum Gasteiger partial charge on any atom is -0.310 e. The third kappa shape index (κ3) is 2.18. The summed E-state index contributed by atoms with van der Waals surface area (Å²) >= 11 is 6.22. The largest absolute Gasteiger partial charge is 0.310 e. The van der Waals surface area contributed by atoms with Gasteiger partial charge >= 0.3 is 0 Å². The lowest BCUT2D eigenvalue weighted by Gasteiger charge is -2.31. The Morgan fingerprint density at radius 3 is 2.67 bits per heavy atom. The number of fused-ring (bicyclic) bond motifs is 3. The summed E-state index contributed by atoms with van der Waals surface area (Å²) in [4.78, 5) is 0. The average molecular weight is 302 g/mol. The van der Waals surface area contributed by atoms with Gasteiger partial charge in [-0.1, -0.05) is 29.8 Å². The van der Waals surface area contributed by atoms with Gasteiger partial charge in [0.05, 0.1) is 0 Å². The molecule has 0 aromatic heterocycles. The van der Waals surface area contributed by atoms with Crippen LogP contribution >= 0.6 is 11.6 Å². The zero-order chi connectivity index (χ0) is 14.4. The van der Waals surface area contributed by atoms with Crippen molar-refractivity contribution >= 4 is 11.6 Å². The van der Waals surface area contributed by atoms with Gasteiger partial charge in [-0.15, -0.1) is 0 Å². The molecule has 4 rings (SSSR count). The average Bonchev–Trinajstić information content (AvgIpc) is 2.82. The molecule has 3 atom stereocenters. The zero-order valence-electron chi connectivity index (χ0n) is 11.7. The van der Waals surface area contributed by atoms with Crippen LogP contribution in [-0.2, 0) is 0 Å². The summed E-state index contributed by atoms with van der Waals surface area (Å²) in [5.41, 5.74) is 3.85. The first-order valence-corrected chi connectivity index (χ1v) is 7.90. The van der Waals surface area contributed by atoms with Crippen LogP contribution < -0.4 is 5.32 Å². The SMILES string of the molecule is Fc1ccc(C2c3cc(Cl)ccc3C3NCCCC32)cc1. The van der Waals surface area contributed by atoms with Crippen molar-refractivity contribution < 1.29 is 4.39 Å². The van der Waals surface area contributed by atoms with Gasteiger partial charge in [0.2, 0.25) is 0 Å². The third-order valence-electron chi connectivity index (χ3n) is 4.88. The maximum atomic E-state index is 13.2. The Labute approximate surface area is 129 Å². The van der Waals surface area contributed by atoms with Crippen LogP contribution in [0.5, 0.6) is 0 Å². The van der Waals surface area contributed by atoms with E-state index in [1.807, 2.05) is 18.2 Å². The molecule has 2 aliphatic rings. The fourth-order valence-corrected chi connectivity index (χ4v) is 4.22. The Morgan fingerprint density at radius 1 is 1.05 bits per heavy atom. The van der Waals surface area contributed by atoms with Gasteiger partial charge in [-0.25, -0.2) is 4.39 Å². The fraction of sp³-hybridized carbons (Fsp3) is 0.333. The molecule has 0 spiro atoms. The van der Waals surface area contributed by atoms with Crippen molar-refractivity contribution in [1.82, 2.24) is 5.32 Å². The van der Waals surface area contributed by atoms with Crippen molar-refractivity contribution in [2.24, 2.45) is 5.92 Å². The molecule has 0 saturated carbocycles. The number of rotatable bonds is 1. The van der Waals surface area contributed by atoms with E-state index in [2.05, 4.69) is 17.4 Å². The number of hydrogen-bond donors (Lipinski definition) is 1. The monoisotopic (exact) mass is 301 g/mol. The highest BCUT2D eigenvalue weighted by molar-refractivity contribution is 6.30. The van der Waals surface area contributed by atoms with Crippen LogP contribution in [0.15, 0.2) is 42.5 Å². The molecule has 2 aromatic rings. The Morgan fingerprint density at radius 2 is 1.86 bits per heavy atom. The summed E-state index contributed by atoms with van der Waals surface area (Å²) in [6.07, 6.45) is 2.40. The molecule has 1 fully saturated rings. The van der Waals surface area contributed by atoms with Crippen molar-refractivity contribution in [3.05, 3.63) is 70.0 Å². The zero-order valence-corrected chi connectivity index (χ0v) is 12.4. The van der Waals surface area contributed by atoms with E-state index in [1.54, 1.807) is 12.1 Å². The second-order valence-electron chi connectivity index (χ2n) is 6.04. The lowest BCUT2D eigenvalue weighted by Crippen LogP contribution is -2.32. The molecule has 0 amide bonds. The highest BCUT2D eigenvalue weighted by atomic mass is 35.5. The van der Waals surface area contributed by atoms with Crippen molar-refractivity contribution in [3.8, 4) is 0 Å². The first-order chi connectivity index (χ1) is 10.2. The molecular formula is C18H17ClFN. The number of halogens is 2. The third-order valence-corrected chi connectivity index (χ3v) is 5.12. The predicted molar refractivity (Wildman–Crippen MR) is 83.2 cm³/mol.